The van der Waals surface area contributed by atoms with Crippen LogP contribution in [0.5, 0.6) is 0 Å². The van der Waals surface area contributed by atoms with Crippen LogP contribution in [0.4, 0.5) is 0 Å². The maximum absolute atomic E-state index is 11.9. The van der Waals surface area contributed by atoms with Crippen LogP contribution in [0.15, 0.2) is 0 Å². The van der Waals surface area contributed by atoms with E-state index in [0.29, 0.717) is 13.1 Å². The average molecular weight is 314 g/mol. The number of carbonyl (C=O) groups is 1. The van der Waals surface area contributed by atoms with E-state index in [4.69, 9.17) is 5.11 Å². The molecule has 0 aromatic heterocycles. The third-order valence-electron chi connectivity index (χ3n) is 2.80. The zero-order chi connectivity index (χ0) is 14.7. The molecule has 1 N–H and O–H groups in total. The summed E-state index contributed by atoms with van der Waals surface area (Å²) in [5.41, 5.74) is 0. The first-order valence-electron chi connectivity index (χ1n) is 5.70. The minimum Gasteiger partial charge on any atom is -0.480 e. The number of hydrogen-bond donors (Lipinski definition) is 1. The molecule has 10 heteroatoms. The molecular formula is C9H18N2O6S2. The summed E-state index contributed by atoms with van der Waals surface area (Å²) >= 11 is 0. The van der Waals surface area contributed by atoms with Crippen LogP contribution in [0.25, 0.3) is 0 Å². The second-order valence-corrected chi connectivity index (χ2v) is 8.86. The summed E-state index contributed by atoms with van der Waals surface area (Å²) in [5.74, 6) is -1.77. The van der Waals surface area contributed by atoms with Crippen molar-refractivity contribution in [1.29, 1.82) is 0 Å². The number of sulfone groups is 1. The van der Waals surface area contributed by atoms with Gasteiger partial charge in [-0.25, -0.2) is 16.8 Å². The van der Waals surface area contributed by atoms with Gasteiger partial charge in [-0.05, 0) is 0 Å². The molecule has 0 amide bonds. The van der Waals surface area contributed by atoms with Crippen LogP contribution in [0.2, 0.25) is 0 Å². The van der Waals surface area contributed by atoms with Gasteiger partial charge in [0, 0.05) is 32.4 Å². The molecule has 0 aromatic carbocycles. The maximum Gasteiger partial charge on any atom is 0.317 e. The number of carboxylic acids is 1. The van der Waals surface area contributed by atoms with Crippen LogP contribution in [0, 0.1) is 0 Å². The molecule has 0 aliphatic carbocycles. The zero-order valence-corrected chi connectivity index (χ0v) is 12.3. The van der Waals surface area contributed by atoms with Crippen molar-refractivity contribution < 1.29 is 26.7 Å². The van der Waals surface area contributed by atoms with E-state index in [1.807, 2.05) is 0 Å². The van der Waals surface area contributed by atoms with Crippen LogP contribution in [-0.2, 0) is 24.7 Å². The van der Waals surface area contributed by atoms with Crippen LogP contribution < -0.4 is 0 Å². The van der Waals surface area contributed by atoms with Crippen molar-refractivity contribution >= 4 is 25.8 Å². The van der Waals surface area contributed by atoms with Crippen molar-refractivity contribution in [3.8, 4) is 0 Å². The van der Waals surface area contributed by atoms with E-state index in [1.165, 1.54) is 4.31 Å². The van der Waals surface area contributed by atoms with E-state index >= 15 is 0 Å². The molecule has 1 saturated heterocycles. The van der Waals surface area contributed by atoms with Gasteiger partial charge in [0.15, 0.2) is 0 Å². The number of nitrogens with zero attached hydrogens (tertiary/aromatic N) is 2. The Labute approximate surface area is 113 Å². The maximum atomic E-state index is 11.9. The molecule has 0 radical (unpaired) electrons. The number of hydrogen-bond acceptors (Lipinski definition) is 6. The Morgan fingerprint density at radius 3 is 2.00 bits per heavy atom. The second-order valence-electron chi connectivity index (χ2n) is 4.51. The lowest BCUT2D eigenvalue weighted by molar-refractivity contribution is -0.138. The van der Waals surface area contributed by atoms with Gasteiger partial charge in [-0.3, -0.25) is 9.69 Å². The zero-order valence-electron chi connectivity index (χ0n) is 10.6. The van der Waals surface area contributed by atoms with Crippen LogP contribution in [-0.4, -0.2) is 87.6 Å². The predicted octanol–water partition coefficient (Wildman–Crippen LogP) is -1.94. The van der Waals surface area contributed by atoms with Crippen LogP contribution >= 0.6 is 0 Å². The van der Waals surface area contributed by atoms with Crippen molar-refractivity contribution in [3.05, 3.63) is 0 Å². The fourth-order valence-electron chi connectivity index (χ4n) is 1.74. The first-order valence-corrected chi connectivity index (χ1v) is 9.37. The molecule has 1 rings (SSSR count). The second kappa shape index (κ2) is 6.16. The molecule has 1 heterocycles. The molecule has 8 nitrogen and oxygen atoms in total. The number of carboxylic acid groups (broad SMARTS) is 1. The van der Waals surface area contributed by atoms with Crippen molar-refractivity contribution in [2.75, 3.05) is 50.5 Å². The fraction of sp³-hybridized carbons (Fsp3) is 0.889. The minimum absolute atomic E-state index is 0.114. The Hall–Kier alpha value is -0.710. The first-order chi connectivity index (χ1) is 8.60. The van der Waals surface area contributed by atoms with Gasteiger partial charge in [0.05, 0.1) is 18.1 Å². The van der Waals surface area contributed by atoms with Crippen LogP contribution in [0.1, 0.15) is 0 Å². The standard InChI is InChI=1S/C9H18N2O6S2/c1-18(14,15)6-7-19(16,17)11-4-2-10(3-5-11)8-9(12)13/h2-8H2,1H3,(H,12,13). The lowest BCUT2D eigenvalue weighted by Gasteiger charge is -2.32. The number of piperazine rings is 1. The topological polar surface area (TPSA) is 112 Å². The lowest BCUT2D eigenvalue weighted by Crippen LogP contribution is -2.50. The molecule has 1 aliphatic rings. The molecular weight excluding hydrogens is 296 g/mol. The highest BCUT2D eigenvalue weighted by Gasteiger charge is 2.28. The van der Waals surface area contributed by atoms with E-state index in [1.54, 1.807) is 4.90 Å². The van der Waals surface area contributed by atoms with Crippen molar-refractivity contribution in [2.45, 2.75) is 0 Å². The molecule has 1 fully saturated rings. The van der Waals surface area contributed by atoms with Gasteiger partial charge in [0.25, 0.3) is 0 Å². The fourth-order valence-corrected chi connectivity index (χ4v) is 4.77. The molecule has 112 valence electrons. The van der Waals surface area contributed by atoms with Gasteiger partial charge in [-0.15, -0.1) is 0 Å². The Balaban J connectivity index is 2.52. The molecule has 0 saturated carbocycles. The van der Waals surface area contributed by atoms with Gasteiger partial charge < -0.3 is 5.11 Å². The summed E-state index contributed by atoms with van der Waals surface area (Å²) in [4.78, 5) is 12.2. The van der Waals surface area contributed by atoms with Gasteiger partial charge in [0.2, 0.25) is 10.0 Å². The van der Waals surface area contributed by atoms with Gasteiger partial charge in [-0.2, -0.15) is 4.31 Å². The summed E-state index contributed by atoms with van der Waals surface area (Å²) in [6.45, 7) is 0.949. The summed E-state index contributed by atoms with van der Waals surface area (Å²) in [7, 11) is -6.90. The van der Waals surface area contributed by atoms with Gasteiger partial charge in [0.1, 0.15) is 9.84 Å². The van der Waals surface area contributed by atoms with E-state index in [2.05, 4.69) is 0 Å². The lowest BCUT2D eigenvalue weighted by atomic mass is 10.3. The molecule has 0 unspecified atom stereocenters. The van der Waals surface area contributed by atoms with Gasteiger partial charge in [-0.1, -0.05) is 0 Å². The van der Waals surface area contributed by atoms with Crippen molar-refractivity contribution in [3.63, 3.8) is 0 Å². The Morgan fingerprint density at radius 2 is 1.58 bits per heavy atom. The summed E-state index contributed by atoms with van der Waals surface area (Å²) in [6, 6.07) is 0. The highest BCUT2D eigenvalue weighted by atomic mass is 32.2. The smallest absolute Gasteiger partial charge is 0.317 e. The number of sulfonamides is 1. The monoisotopic (exact) mass is 314 g/mol. The minimum atomic E-state index is -3.59. The van der Waals surface area contributed by atoms with E-state index < -0.39 is 37.3 Å². The number of aliphatic carboxylic acids is 1. The summed E-state index contributed by atoms with van der Waals surface area (Å²) in [6.07, 6.45) is 0.993. The Bertz CT molecular complexity index is 519. The molecule has 1 aliphatic heterocycles. The summed E-state index contributed by atoms with van der Waals surface area (Å²) < 4.78 is 46.9. The Kier molecular flexibility index (Phi) is 5.30. The first kappa shape index (κ1) is 16.3. The van der Waals surface area contributed by atoms with Crippen LogP contribution in [0.3, 0.4) is 0 Å². The molecule has 0 bridgehead atoms. The van der Waals surface area contributed by atoms with Crippen molar-refractivity contribution in [2.24, 2.45) is 0 Å². The molecule has 0 atom stereocenters. The highest BCUT2D eigenvalue weighted by Crippen LogP contribution is 2.08. The summed E-state index contributed by atoms with van der Waals surface area (Å²) in [5, 5.41) is 8.63. The normalized spacial score (nSPS) is 19.4. The van der Waals surface area contributed by atoms with E-state index in [-0.39, 0.29) is 19.6 Å². The van der Waals surface area contributed by atoms with Gasteiger partial charge >= 0.3 is 5.97 Å². The number of rotatable bonds is 6. The van der Waals surface area contributed by atoms with Crippen molar-refractivity contribution in [1.82, 2.24) is 9.21 Å². The van der Waals surface area contributed by atoms with E-state index in [9.17, 15) is 21.6 Å². The third kappa shape index (κ3) is 5.85. The predicted molar refractivity (Wildman–Crippen MR) is 69.1 cm³/mol. The third-order valence-corrected chi connectivity index (χ3v) is 5.87. The average Bonchev–Trinajstić information content (AvgIpc) is 2.26. The SMILES string of the molecule is CS(=O)(=O)CCS(=O)(=O)N1CCN(CC(=O)O)CC1. The van der Waals surface area contributed by atoms with E-state index in [0.717, 1.165) is 6.26 Å². The molecule has 0 spiro atoms. The largest absolute Gasteiger partial charge is 0.480 e. The Morgan fingerprint density at radius 1 is 1.05 bits per heavy atom. The molecule has 19 heavy (non-hydrogen) atoms. The molecule has 0 aromatic rings. The highest BCUT2D eigenvalue weighted by molar-refractivity contribution is 7.93. The quantitative estimate of drug-likeness (QED) is 0.607.